The average Bonchev–Trinajstić information content (AvgIpc) is 2.72. The lowest BCUT2D eigenvalue weighted by molar-refractivity contribution is -0.142. The number of anilines is 1. The minimum absolute atomic E-state index is 0.156. The summed E-state index contributed by atoms with van der Waals surface area (Å²) in [5.41, 5.74) is 1.06. The van der Waals surface area contributed by atoms with Crippen LogP contribution in [0.1, 0.15) is 38.5 Å². The highest BCUT2D eigenvalue weighted by Gasteiger charge is 2.36. The van der Waals surface area contributed by atoms with E-state index in [1.54, 1.807) is 0 Å². The van der Waals surface area contributed by atoms with Gasteiger partial charge in [0.2, 0.25) is 5.91 Å². The van der Waals surface area contributed by atoms with E-state index in [2.05, 4.69) is 9.80 Å². The molecular weight excluding hydrogens is 397 g/mol. The van der Waals surface area contributed by atoms with E-state index in [1.165, 1.54) is 12.1 Å². The summed E-state index contributed by atoms with van der Waals surface area (Å²) in [6.07, 6.45) is 5.11. The average molecular weight is 432 g/mol. The number of carbonyl (C=O) groups is 2. The lowest BCUT2D eigenvalue weighted by Crippen LogP contribution is -2.50. The fourth-order valence-corrected chi connectivity index (χ4v) is 5.24. The molecule has 2 saturated heterocycles. The van der Waals surface area contributed by atoms with Crippen LogP contribution in [0, 0.1) is 23.6 Å². The second-order valence-electron chi connectivity index (χ2n) is 9.41. The number of carboxylic acid groups (broad SMARTS) is 1. The fourth-order valence-electron chi connectivity index (χ4n) is 5.24. The van der Waals surface area contributed by atoms with Gasteiger partial charge in [-0.2, -0.15) is 0 Å². The summed E-state index contributed by atoms with van der Waals surface area (Å²) >= 11 is 0. The molecule has 0 radical (unpaired) electrons. The maximum Gasteiger partial charge on any atom is 0.303 e. The number of piperazine rings is 1. The second-order valence-corrected chi connectivity index (χ2v) is 9.41. The van der Waals surface area contributed by atoms with E-state index in [9.17, 15) is 19.1 Å². The molecule has 1 aromatic rings. The number of carboxylic acids is 1. The molecule has 3 fully saturated rings. The zero-order chi connectivity index (χ0) is 21.8. The topological polar surface area (TPSA) is 64.1 Å². The summed E-state index contributed by atoms with van der Waals surface area (Å²) < 4.78 is 13.2. The molecule has 1 aliphatic carbocycles. The summed E-state index contributed by atoms with van der Waals surface area (Å²) in [6, 6.07) is 6.67. The normalized spacial score (nSPS) is 25.3. The van der Waals surface area contributed by atoms with Gasteiger partial charge >= 0.3 is 5.97 Å². The van der Waals surface area contributed by atoms with Crippen LogP contribution in [0.5, 0.6) is 0 Å². The van der Waals surface area contributed by atoms with E-state index < -0.39 is 5.97 Å². The first-order chi connectivity index (χ1) is 15.0. The molecule has 2 heterocycles. The maximum absolute atomic E-state index is 13.2. The number of aliphatic carboxylic acids is 1. The predicted octanol–water partition coefficient (Wildman–Crippen LogP) is 3.08. The van der Waals surface area contributed by atoms with Crippen molar-refractivity contribution in [2.75, 3.05) is 50.7 Å². The molecule has 6 nitrogen and oxygen atoms in total. The van der Waals surface area contributed by atoms with Crippen molar-refractivity contribution in [3.63, 3.8) is 0 Å². The number of carbonyl (C=O) groups excluding carboxylic acids is 1. The van der Waals surface area contributed by atoms with Gasteiger partial charge in [-0.3, -0.25) is 14.5 Å². The first-order valence-electron chi connectivity index (χ1n) is 11.7. The summed E-state index contributed by atoms with van der Waals surface area (Å²) in [7, 11) is 0. The molecule has 170 valence electrons. The van der Waals surface area contributed by atoms with E-state index in [1.807, 2.05) is 17.0 Å². The van der Waals surface area contributed by atoms with Crippen LogP contribution in [0.3, 0.4) is 0 Å². The molecule has 2 unspecified atom stereocenters. The summed E-state index contributed by atoms with van der Waals surface area (Å²) in [5.74, 6) is -0.0427. The third kappa shape index (κ3) is 5.56. The van der Waals surface area contributed by atoms with Crippen molar-refractivity contribution in [3.8, 4) is 0 Å². The number of likely N-dealkylation sites (tertiary alicyclic amines) is 1. The third-order valence-electron chi connectivity index (χ3n) is 7.47. The molecule has 31 heavy (non-hydrogen) atoms. The van der Waals surface area contributed by atoms with Gasteiger partial charge in [0, 0.05) is 57.3 Å². The Balaban J connectivity index is 1.28. The van der Waals surface area contributed by atoms with Crippen LogP contribution >= 0.6 is 0 Å². The predicted molar refractivity (Wildman–Crippen MR) is 117 cm³/mol. The maximum atomic E-state index is 13.2. The zero-order valence-electron chi connectivity index (χ0n) is 18.2. The van der Waals surface area contributed by atoms with Gasteiger partial charge in [0.1, 0.15) is 5.82 Å². The van der Waals surface area contributed by atoms with Crippen LogP contribution in [-0.4, -0.2) is 72.6 Å². The Morgan fingerprint density at radius 3 is 2.29 bits per heavy atom. The molecule has 1 saturated carbocycles. The van der Waals surface area contributed by atoms with Gasteiger partial charge in [0.15, 0.2) is 0 Å². The zero-order valence-corrected chi connectivity index (χ0v) is 18.2. The molecule has 0 bridgehead atoms. The standard InChI is InChI=1S/C24H34FN3O3/c25-21-4-6-22(7-5-21)27-14-12-26(13-15-27)10-8-20-17-28(24(31)18-2-1-3-18)11-9-19(20)16-23(29)30/h4-7,18-20H,1-3,8-17H2,(H,29,30). The smallest absolute Gasteiger partial charge is 0.303 e. The van der Waals surface area contributed by atoms with E-state index in [4.69, 9.17) is 0 Å². The van der Waals surface area contributed by atoms with Crippen molar-refractivity contribution in [2.45, 2.75) is 38.5 Å². The molecule has 0 spiro atoms. The molecule has 1 aromatic carbocycles. The summed E-state index contributed by atoms with van der Waals surface area (Å²) in [5, 5.41) is 9.35. The SMILES string of the molecule is O=C(O)CC1CCN(C(=O)C2CCC2)CC1CCN1CCN(c2ccc(F)cc2)CC1. The minimum atomic E-state index is -0.735. The number of hydrogen-bond acceptors (Lipinski definition) is 4. The number of amides is 1. The van der Waals surface area contributed by atoms with Crippen molar-refractivity contribution in [2.24, 2.45) is 17.8 Å². The van der Waals surface area contributed by atoms with Gasteiger partial charge in [-0.05, 0) is 68.3 Å². The monoisotopic (exact) mass is 431 g/mol. The molecule has 2 atom stereocenters. The van der Waals surface area contributed by atoms with E-state index in [0.717, 1.165) is 70.5 Å². The lowest BCUT2D eigenvalue weighted by Gasteiger charge is -2.42. The van der Waals surface area contributed by atoms with Crippen molar-refractivity contribution in [3.05, 3.63) is 30.1 Å². The first kappa shape index (κ1) is 22.1. The second kappa shape index (κ2) is 9.98. The van der Waals surface area contributed by atoms with Crippen LogP contribution in [0.15, 0.2) is 24.3 Å². The Labute approximate surface area is 184 Å². The van der Waals surface area contributed by atoms with Crippen LogP contribution < -0.4 is 4.90 Å². The molecule has 4 rings (SSSR count). The van der Waals surface area contributed by atoms with Crippen LogP contribution in [0.2, 0.25) is 0 Å². The molecule has 1 N–H and O–H groups in total. The van der Waals surface area contributed by atoms with Crippen LogP contribution in [-0.2, 0) is 9.59 Å². The Hall–Kier alpha value is -2.15. The number of halogens is 1. The van der Waals surface area contributed by atoms with Gasteiger partial charge in [0.25, 0.3) is 0 Å². The summed E-state index contributed by atoms with van der Waals surface area (Å²) in [4.78, 5) is 30.8. The van der Waals surface area contributed by atoms with Crippen molar-refractivity contribution in [1.29, 1.82) is 0 Å². The molecule has 2 aliphatic heterocycles. The van der Waals surface area contributed by atoms with Gasteiger partial charge in [0.05, 0.1) is 0 Å². The lowest BCUT2D eigenvalue weighted by atomic mass is 9.79. The first-order valence-corrected chi connectivity index (χ1v) is 11.7. The number of nitrogens with zero attached hydrogens (tertiary/aromatic N) is 3. The number of rotatable bonds is 7. The number of benzene rings is 1. The number of piperidine rings is 1. The van der Waals surface area contributed by atoms with Gasteiger partial charge in [-0.25, -0.2) is 4.39 Å². The quantitative estimate of drug-likeness (QED) is 0.719. The molecule has 0 aromatic heterocycles. The van der Waals surface area contributed by atoms with E-state index in [0.29, 0.717) is 13.1 Å². The van der Waals surface area contributed by atoms with Crippen molar-refractivity contribution < 1.29 is 19.1 Å². The molecule has 1 amide bonds. The highest BCUT2D eigenvalue weighted by Crippen LogP contribution is 2.34. The Morgan fingerprint density at radius 1 is 0.968 bits per heavy atom. The van der Waals surface area contributed by atoms with Crippen LogP contribution in [0.4, 0.5) is 10.1 Å². The van der Waals surface area contributed by atoms with E-state index >= 15 is 0 Å². The third-order valence-corrected chi connectivity index (χ3v) is 7.47. The Kier molecular flexibility index (Phi) is 7.10. The van der Waals surface area contributed by atoms with Gasteiger partial charge in [-0.1, -0.05) is 6.42 Å². The molecule has 3 aliphatic rings. The van der Waals surface area contributed by atoms with E-state index in [-0.39, 0.29) is 35.9 Å². The van der Waals surface area contributed by atoms with Gasteiger partial charge in [-0.15, -0.1) is 0 Å². The highest BCUT2D eigenvalue weighted by atomic mass is 19.1. The van der Waals surface area contributed by atoms with Crippen LogP contribution in [0.25, 0.3) is 0 Å². The summed E-state index contributed by atoms with van der Waals surface area (Å²) in [6.45, 7) is 6.05. The van der Waals surface area contributed by atoms with Gasteiger partial charge < -0.3 is 14.9 Å². The Bertz CT molecular complexity index is 760. The molecule has 7 heteroatoms. The minimum Gasteiger partial charge on any atom is -0.481 e. The fraction of sp³-hybridized carbons (Fsp3) is 0.667. The highest BCUT2D eigenvalue weighted by molar-refractivity contribution is 5.79. The Morgan fingerprint density at radius 2 is 1.68 bits per heavy atom. The largest absolute Gasteiger partial charge is 0.481 e. The molecular formula is C24H34FN3O3. The van der Waals surface area contributed by atoms with Crippen molar-refractivity contribution in [1.82, 2.24) is 9.80 Å². The van der Waals surface area contributed by atoms with Crippen molar-refractivity contribution >= 4 is 17.6 Å². The number of hydrogen-bond donors (Lipinski definition) is 1.